The Hall–Kier alpha value is -0.420. The molecule has 2 aliphatic heterocycles. The van der Waals surface area contributed by atoms with Crippen LogP contribution in [0.5, 0.6) is 0 Å². The molecule has 0 bridgehead atoms. The predicted octanol–water partition coefficient (Wildman–Crippen LogP) is -0.631. The highest BCUT2D eigenvalue weighted by molar-refractivity contribution is 7.99. The molecule has 2 fully saturated rings. The van der Waals surface area contributed by atoms with Gasteiger partial charge in [-0.3, -0.25) is 5.01 Å². The molecule has 2 unspecified atom stereocenters. The standard InChI is InChI=1S/C5H9N3OS/c6-8-4-2-10-1-3(4)7-5(8)9/h3-4H,1-2,6H2,(H,7,9). The molecule has 0 aromatic rings. The van der Waals surface area contributed by atoms with Crippen LogP contribution in [0.4, 0.5) is 4.79 Å². The second-order valence-corrected chi connectivity index (χ2v) is 3.64. The van der Waals surface area contributed by atoms with Gasteiger partial charge in [-0.15, -0.1) is 0 Å². The van der Waals surface area contributed by atoms with E-state index in [0.717, 1.165) is 11.5 Å². The highest BCUT2D eigenvalue weighted by Crippen LogP contribution is 2.25. The Bertz CT molecular complexity index is 174. The minimum Gasteiger partial charge on any atom is -0.331 e. The maximum atomic E-state index is 10.9. The fraction of sp³-hybridized carbons (Fsp3) is 0.800. The number of carbonyl (C=O) groups is 1. The Labute approximate surface area is 63.1 Å². The third-order valence-corrected chi connectivity index (χ3v) is 3.12. The Morgan fingerprint density at radius 2 is 2.50 bits per heavy atom. The van der Waals surface area contributed by atoms with Gasteiger partial charge in [0.25, 0.3) is 0 Å². The van der Waals surface area contributed by atoms with Crippen LogP contribution < -0.4 is 11.2 Å². The molecular formula is C5H9N3OS. The van der Waals surface area contributed by atoms with Crippen molar-refractivity contribution in [3.8, 4) is 0 Å². The molecule has 0 aliphatic carbocycles. The van der Waals surface area contributed by atoms with Gasteiger partial charge in [-0.2, -0.15) is 11.8 Å². The van der Waals surface area contributed by atoms with Crippen molar-refractivity contribution in [3.05, 3.63) is 0 Å². The van der Waals surface area contributed by atoms with Crippen LogP contribution in [-0.4, -0.2) is 34.6 Å². The van der Waals surface area contributed by atoms with Crippen LogP contribution in [0.2, 0.25) is 0 Å². The minimum atomic E-state index is -0.129. The first-order valence-corrected chi connectivity index (χ1v) is 4.36. The first-order valence-electron chi connectivity index (χ1n) is 3.21. The van der Waals surface area contributed by atoms with Crippen molar-refractivity contribution in [1.29, 1.82) is 0 Å². The zero-order valence-electron chi connectivity index (χ0n) is 5.41. The molecule has 2 heterocycles. The summed E-state index contributed by atoms with van der Waals surface area (Å²) in [4.78, 5) is 10.9. The topological polar surface area (TPSA) is 58.4 Å². The Kier molecular flexibility index (Phi) is 1.28. The molecule has 2 amide bonds. The summed E-state index contributed by atoms with van der Waals surface area (Å²) in [5.74, 6) is 7.45. The first kappa shape index (κ1) is 6.30. The number of amides is 2. The molecule has 10 heavy (non-hydrogen) atoms. The first-order chi connectivity index (χ1) is 4.79. The average molecular weight is 159 g/mol. The summed E-state index contributed by atoms with van der Waals surface area (Å²) in [6.07, 6.45) is 0. The van der Waals surface area contributed by atoms with Gasteiger partial charge in [-0.1, -0.05) is 0 Å². The second kappa shape index (κ2) is 2.03. The van der Waals surface area contributed by atoms with Crippen molar-refractivity contribution >= 4 is 17.8 Å². The number of thioether (sulfide) groups is 1. The Balaban J connectivity index is 2.16. The number of nitrogens with one attached hydrogen (secondary N) is 1. The van der Waals surface area contributed by atoms with E-state index >= 15 is 0 Å². The van der Waals surface area contributed by atoms with Crippen molar-refractivity contribution < 1.29 is 4.79 Å². The van der Waals surface area contributed by atoms with E-state index in [9.17, 15) is 4.79 Å². The summed E-state index contributed by atoms with van der Waals surface area (Å²) in [5, 5.41) is 4.12. The Morgan fingerprint density at radius 3 is 3.20 bits per heavy atom. The number of urea groups is 1. The van der Waals surface area contributed by atoms with E-state index in [1.807, 2.05) is 11.8 Å². The van der Waals surface area contributed by atoms with Gasteiger partial charge in [0, 0.05) is 11.5 Å². The molecule has 2 atom stereocenters. The number of hydrogen-bond donors (Lipinski definition) is 2. The third-order valence-electron chi connectivity index (χ3n) is 1.95. The van der Waals surface area contributed by atoms with E-state index in [2.05, 4.69) is 5.32 Å². The van der Waals surface area contributed by atoms with Crippen molar-refractivity contribution in [2.24, 2.45) is 5.84 Å². The molecule has 0 radical (unpaired) electrons. The van der Waals surface area contributed by atoms with Crippen molar-refractivity contribution in [2.45, 2.75) is 12.1 Å². The molecule has 2 rings (SSSR count). The molecular weight excluding hydrogens is 150 g/mol. The lowest BCUT2D eigenvalue weighted by molar-refractivity contribution is 0.208. The summed E-state index contributed by atoms with van der Waals surface area (Å²) in [6, 6.07) is 0.398. The lowest BCUT2D eigenvalue weighted by Gasteiger charge is -2.13. The van der Waals surface area contributed by atoms with Crippen LogP contribution >= 0.6 is 11.8 Å². The normalized spacial score (nSPS) is 38.1. The zero-order chi connectivity index (χ0) is 7.14. The number of hydrazine groups is 1. The largest absolute Gasteiger partial charge is 0.332 e. The number of carbonyl (C=O) groups excluding carboxylic acids is 1. The fourth-order valence-corrected chi connectivity index (χ4v) is 2.67. The molecule has 56 valence electrons. The summed E-state index contributed by atoms with van der Waals surface area (Å²) >= 11 is 1.84. The highest BCUT2D eigenvalue weighted by atomic mass is 32.2. The maximum absolute atomic E-state index is 10.9. The number of rotatable bonds is 0. The number of nitrogens with zero attached hydrogens (tertiary/aromatic N) is 1. The monoisotopic (exact) mass is 159 g/mol. The molecule has 5 heteroatoms. The van der Waals surface area contributed by atoms with E-state index < -0.39 is 0 Å². The SMILES string of the molecule is NN1C(=O)NC2CSCC21. The minimum absolute atomic E-state index is 0.129. The molecule has 3 N–H and O–H groups in total. The van der Waals surface area contributed by atoms with Gasteiger partial charge in [0.15, 0.2) is 0 Å². The highest BCUT2D eigenvalue weighted by Gasteiger charge is 2.41. The van der Waals surface area contributed by atoms with Crippen molar-refractivity contribution in [3.63, 3.8) is 0 Å². The van der Waals surface area contributed by atoms with Crippen LogP contribution in [0.1, 0.15) is 0 Å². The zero-order valence-corrected chi connectivity index (χ0v) is 6.23. The third kappa shape index (κ3) is 0.705. The van der Waals surface area contributed by atoms with Gasteiger partial charge in [-0.05, 0) is 0 Å². The summed E-state index contributed by atoms with van der Waals surface area (Å²) in [5.41, 5.74) is 0. The second-order valence-electron chi connectivity index (χ2n) is 2.57. The molecule has 0 aromatic carbocycles. The maximum Gasteiger partial charge on any atom is 0.332 e. The molecule has 0 saturated carbocycles. The van der Waals surface area contributed by atoms with E-state index in [1.54, 1.807) is 0 Å². The average Bonchev–Trinajstić information content (AvgIpc) is 2.41. The van der Waals surface area contributed by atoms with Gasteiger partial charge in [-0.25, -0.2) is 10.6 Å². The molecule has 0 spiro atoms. The fourth-order valence-electron chi connectivity index (χ4n) is 1.34. The Morgan fingerprint density at radius 1 is 1.70 bits per heavy atom. The summed E-state index contributed by atoms with van der Waals surface area (Å²) in [6.45, 7) is 0. The molecule has 0 aromatic heterocycles. The van der Waals surface area contributed by atoms with Gasteiger partial charge in [0.1, 0.15) is 0 Å². The quantitative estimate of drug-likeness (QED) is 0.281. The van der Waals surface area contributed by atoms with Crippen LogP contribution in [-0.2, 0) is 0 Å². The van der Waals surface area contributed by atoms with Gasteiger partial charge in [0.05, 0.1) is 12.1 Å². The predicted molar refractivity (Wildman–Crippen MR) is 39.5 cm³/mol. The van der Waals surface area contributed by atoms with E-state index in [1.165, 1.54) is 5.01 Å². The summed E-state index contributed by atoms with van der Waals surface area (Å²) < 4.78 is 0. The lowest BCUT2D eigenvalue weighted by Crippen LogP contribution is -2.41. The van der Waals surface area contributed by atoms with Gasteiger partial charge in [0.2, 0.25) is 0 Å². The van der Waals surface area contributed by atoms with Crippen LogP contribution in [0.3, 0.4) is 0 Å². The molecule has 2 saturated heterocycles. The van der Waals surface area contributed by atoms with Crippen molar-refractivity contribution in [2.75, 3.05) is 11.5 Å². The van der Waals surface area contributed by atoms with Gasteiger partial charge >= 0.3 is 6.03 Å². The summed E-state index contributed by atoms with van der Waals surface area (Å²) in [7, 11) is 0. The van der Waals surface area contributed by atoms with E-state index in [4.69, 9.17) is 5.84 Å². The van der Waals surface area contributed by atoms with Gasteiger partial charge < -0.3 is 5.32 Å². The number of hydrogen-bond acceptors (Lipinski definition) is 3. The molecule has 2 aliphatic rings. The van der Waals surface area contributed by atoms with E-state index in [-0.39, 0.29) is 12.1 Å². The van der Waals surface area contributed by atoms with Crippen molar-refractivity contribution in [1.82, 2.24) is 10.3 Å². The van der Waals surface area contributed by atoms with Crippen LogP contribution in [0.15, 0.2) is 0 Å². The smallest absolute Gasteiger partial charge is 0.331 e. The number of fused-ring (bicyclic) bond motifs is 1. The van der Waals surface area contributed by atoms with Crippen LogP contribution in [0.25, 0.3) is 0 Å². The number of nitrogens with two attached hydrogens (primary N) is 1. The lowest BCUT2D eigenvalue weighted by atomic mass is 10.2. The molecule has 4 nitrogen and oxygen atoms in total. The van der Waals surface area contributed by atoms with E-state index in [0.29, 0.717) is 6.04 Å². The van der Waals surface area contributed by atoms with Crippen LogP contribution in [0, 0.1) is 0 Å².